The minimum Gasteiger partial charge on any atom is -0.383 e. The lowest BCUT2D eigenvalue weighted by atomic mass is 9.90. The van der Waals surface area contributed by atoms with Crippen LogP contribution in [0.3, 0.4) is 0 Å². The molecule has 82 valence electrons. The van der Waals surface area contributed by atoms with Crippen LogP contribution < -0.4 is 5.73 Å². The number of carbonyl (C=O) groups is 1. The van der Waals surface area contributed by atoms with E-state index in [1.165, 1.54) is 6.92 Å². The molecular weight excluding hydrogens is 192 g/mol. The van der Waals surface area contributed by atoms with Crippen molar-refractivity contribution in [3.8, 4) is 0 Å². The van der Waals surface area contributed by atoms with Crippen molar-refractivity contribution in [1.29, 1.82) is 0 Å². The van der Waals surface area contributed by atoms with E-state index in [9.17, 15) is 9.90 Å². The SMILES string of the molecule is CCC(C)(O)C(=O)c1c(C)ccnc1N. The van der Waals surface area contributed by atoms with Crippen LogP contribution in [0, 0.1) is 6.92 Å². The number of aryl methyl sites for hydroxylation is 1. The van der Waals surface area contributed by atoms with E-state index in [-0.39, 0.29) is 11.6 Å². The van der Waals surface area contributed by atoms with Gasteiger partial charge in [0.25, 0.3) is 0 Å². The van der Waals surface area contributed by atoms with Gasteiger partial charge in [0.2, 0.25) is 0 Å². The summed E-state index contributed by atoms with van der Waals surface area (Å²) < 4.78 is 0. The van der Waals surface area contributed by atoms with E-state index in [4.69, 9.17) is 5.73 Å². The largest absolute Gasteiger partial charge is 0.383 e. The van der Waals surface area contributed by atoms with E-state index in [0.717, 1.165) is 5.56 Å². The number of nitrogens with two attached hydrogens (primary N) is 1. The van der Waals surface area contributed by atoms with E-state index < -0.39 is 5.60 Å². The Kier molecular flexibility index (Phi) is 3.09. The van der Waals surface area contributed by atoms with Crippen LogP contribution in [0.2, 0.25) is 0 Å². The average molecular weight is 208 g/mol. The van der Waals surface area contributed by atoms with E-state index in [1.54, 1.807) is 26.1 Å². The van der Waals surface area contributed by atoms with Crippen LogP contribution in [0.15, 0.2) is 12.3 Å². The maximum Gasteiger partial charge on any atom is 0.197 e. The second-order valence-corrected chi connectivity index (χ2v) is 3.84. The third-order valence-electron chi connectivity index (χ3n) is 2.59. The molecule has 0 saturated heterocycles. The molecule has 4 heteroatoms. The highest BCUT2D eigenvalue weighted by Crippen LogP contribution is 2.22. The van der Waals surface area contributed by atoms with Crippen molar-refractivity contribution < 1.29 is 9.90 Å². The van der Waals surface area contributed by atoms with Gasteiger partial charge in [-0.3, -0.25) is 4.79 Å². The molecule has 15 heavy (non-hydrogen) atoms. The van der Waals surface area contributed by atoms with E-state index >= 15 is 0 Å². The first-order valence-electron chi connectivity index (χ1n) is 4.88. The molecule has 0 aliphatic carbocycles. The van der Waals surface area contributed by atoms with Crippen LogP contribution in [0.5, 0.6) is 0 Å². The molecule has 0 aliphatic heterocycles. The van der Waals surface area contributed by atoms with Crippen LogP contribution in [0.4, 0.5) is 5.82 Å². The fourth-order valence-corrected chi connectivity index (χ4v) is 1.30. The Hall–Kier alpha value is -1.42. The molecule has 1 aromatic heterocycles. The summed E-state index contributed by atoms with van der Waals surface area (Å²) in [4.78, 5) is 15.8. The number of rotatable bonds is 3. The fraction of sp³-hybridized carbons (Fsp3) is 0.455. The molecule has 0 spiro atoms. The first-order valence-corrected chi connectivity index (χ1v) is 4.88. The molecule has 4 nitrogen and oxygen atoms in total. The Bertz CT molecular complexity index is 366. The highest BCUT2D eigenvalue weighted by molar-refractivity contribution is 6.06. The Morgan fingerprint density at radius 3 is 2.73 bits per heavy atom. The summed E-state index contributed by atoms with van der Waals surface area (Å²) in [5.74, 6) is -0.193. The summed E-state index contributed by atoms with van der Waals surface area (Å²) in [6.45, 7) is 5.01. The molecule has 1 rings (SSSR count). The minimum absolute atomic E-state index is 0.175. The molecule has 0 fully saturated rings. The zero-order valence-electron chi connectivity index (χ0n) is 9.24. The number of hydrogen-bond donors (Lipinski definition) is 2. The van der Waals surface area contributed by atoms with Gasteiger partial charge in [0.05, 0.1) is 5.56 Å². The summed E-state index contributed by atoms with van der Waals surface area (Å²) in [5, 5.41) is 9.86. The maximum absolute atomic E-state index is 12.0. The first-order chi connectivity index (χ1) is 6.90. The molecule has 1 aromatic rings. The van der Waals surface area contributed by atoms with Gasteiger partial charge in [-0.2, -0.15) is 0 Å². The van der Waals surface area contributed by atoms with Crippen LogP contribution in [0.1, 0.15) is 36.2 Å². The van der Waals surface area contributed by atoms with Crippen molar-refractivity contribution in [2.24, 2.45) is 0 Å². The molecule has 0 saturated carbocycles. The predicted molar refractivity (Wildman–Crippen MR) is 58.6 cm³/mol. The van der Waals surface area contributed by atoms with Crippen LogP contribution in [-0.4, -0.2) is 21.5 Å². The van der Waals surface area contributed by atoms with Crippen molar-refractivity contribution >= 4 is 11.6 Å². The zero-order chi connectivity index (χ0) is 11.6. The van der Waals surface area contributed by atoms with Gasteiger partial charge in [0.15, 0.2) is 5.78 Å². The van der Waals surface area contributed by atoms with Gasteiger partial charge in [-0.1, -0.05) is 6.92 Å². The third kappa shape index (κ3) is 2.15. The van der Waals surface area contributed by atoms with Gasteiger partial charge in [-0.05, 0) is 31.9 Å². The van der Waals surface area contributed by atoms with Crippen LogP contribution in [0.25, 0.3) is 0 Å². The lowest BCUT2D eigenvalue weighted by Gasteiger charge is -2.21. The summed E-state index contributed by atoms with van der Waals surface area (Å²) in [5.41, 5.74) is 5.32. The summed E-state index contributed by atoms with van der Waals surface area (Å²) >= 11 is 0. The molecule has 0 amide bonds. The maximum atomic E-state index is 12.0. The second kappa shape index (κ2) is 3.98. The lowest BCUT2D eigenvalue weighted by Crippen LogP contribution is -2.35. The number of aliphatic hydroxyl groups is 1. The van der Waals surface area contributed by atoms with Gasteiger partial charge >= 0.3 is 0 Å². The fourth-order valence-electron chi connectivity index (χ4n) is 1.30. The standard InChI is InChI=1S/C11H16N2O2/c1-4-11(3,15)9(14)8-7(2)5-6-13-10(8)12/h5-6,15H,4H2,1-3H3,(H2,12,13). The highest BCUT2D eigenvalue weighted by Gasteiger charge is 2.31. The quantitative estimate of drug-likeness (QED) is 0.734. The topological polar surface area (TPSA) is 76.2 Å². The first kappa shape index (κ1) is 11.7. The minimum atomic E-state index is -1.37. The number of Topliss-reactive ketones (excluding diaryl/α,β-unsaturated/α-hetero) is 1. The van der Waals surface area contributed by atoms with Crippen molar-refractivity contribution in [3.05, 3.63) is 23.4 Å². The number of ketones is 1. The molecule has 0 bridgehead atoms. The summed E-state index contributed by atoms with van der Waals surface area (Å²) in [6, 6.07) is 1.70. The number of nitrogens with zero attached hydrogens (tertiary/aromatic N) is 1. The third-order valence-corrected chi connectivity index (χ3v) is 2.59. The normalized spacial score (nSPS) is 14.7. The Labute approximate surface area is 89.1 Å². The van der Waals surface area contributed by atoms with Crippen LogP contribution in [-0.2, 0) is 0 Å². The molecule has 0 aromatic carbocycles. The van der Waals surface area contributed by atoms with E-state index in [0.29, 0.717) is 12.0 Å². The van der Waals surface area contributed by atoms with Crippen molar-refractivity contribution in [3.63, 3.8) is 0 Å². The molecule has 1 unspecified atom stereocenters. The highest BCUT2D eigenvalue weighted by atomic mass is 16.3. The molecular formula is C11H16N2O2. The smallest absolute Gasteiger partial charge is 0.197 e. The van der Waals surface area contributed by atoms with Gasteiger partial charge in [0.1, 0.15) is 11.4 Å². The van der Waals surface area contributed by atoms with Crippen molar-refractivity contribution in [2.75, 3.05) is 5.73 Å². The molecule has 0 radical (unpaired) electrons. The zero-order valence-corrected chi connectivity index (χ0v) is 9.24. The van der Waals surface area contributed by atoms with Gasteiger partial charge in [-0.15, -0.1) is 0 Å². The summed E-state index contributed by atoms with van der Waals surface area (Å²) in [7, 11) is 0. The van der Waals surface area contributed by atoms with Crippen LogP contribution >= 0.6 is 0 Å². The van der Waals surface area contributed by atoms with Gasteiger partial charge < -0.3 is 10.8 Å². The second-order valence-electron chi connectivity index (χ2n) is 3.84. The van der Waals surface area contributed by atoms with E-state index in [2.05, 4.69) is 4.98 Å². The molecule has 3 N–H and O–H groups in total. The van der Waals surface area contributed by atoms with Crippen molar-refractivity contribution in [2.45, 2.75) is 32.8 Å². The number of anilines is 1. The monoisotopic (exact) mass is 208 g/mol. The number of aromatic nitrogens is 1. The van der Waals surface area contributed by atoms with Gasteiger partial charge in [0, 0.05) is 6.20 Å². The Morgan fingerprint density at radius 2 is 2.27 bits per heavy atom. The predicted octanol–water partition coefficient (Wildman–Crippen LogP) is 1.32. The number of nitrogen functional groups attached to an aromatic ring is 1. The molecule has 1 heterocycles. The van der Waals surface area contributed by atoms with E-state index in [1.807, 2.05) is 0 Å². The molecule has 1 atom stereocenters. The van der Waals surface area contributed by atoms with Crippen molar-refractivity contribution in [1.82, 2.24) is 4.98 Å². The Balaban J connectivity index is 3.23. The average Bonchev–Trinajstić information content (AvgIpc) is 2.17. The lowest BCUT2D eigenvalue weighted by molar-refractivity contribution is 0.0390. The summed E-state index contributed by atoms with van der Waals surface area (Å²) in [6.07, 6.45) is 1.89. The number of carbonyl (C=O) groups excluding carboxylic acids is 1. The number of pyridine rings is 1. The molecule has 0 aliphatic rings. The van der Waals surface area contributed by atoms with Gasteiger partial charge in [-0.25, -0.2) is 4.98 Å². The Morgan fingerprint density at radius 1 is 1.67 bits per heavy atom. The number of hydrogen-bond acceptors (Lipinski definition) is 4.